The van der Waals surface area contributed by atoms with Gasteiger partial charge in [0.05, 0.1) is 0 Å². The molecule has 0 N–H and O–H groups in total. The highest BCUT2D eigenvalue weighted by Gasteiger charge is 2.33. The zero-order chi connectivity index (χ0) is 14.2. The molecule has 92 valence electrons. The molecule has 0 saturated carbocycles. The van der Waals surface area contributed by atoms with Crippen LogP contribution >= 0.6 is 0 Å². The standard InChI is InChI=1S/C14H6F2N2O/c1-2-8-13(7(5-17)6-18)9-3-11(15)12(16)4-10(9)14(8)19/h2-4H,1H3/b8-2+. The zero-order valence-corrected chi connectivity index (χ0v) is 9.79. The van der Waals surface area contributed by atoms with E-state index in [0.29, 0.717) is 0 Å². The average Bonchev–Trinajstić information content (AvgIpc) is 2.65. The summed E-state index contributed by atoms with van der Waals surface area (Å²) in [6.45, 7) is 1.55. The molecule has 5 heteroatoms. The van der Waals surface area contributed by atoms with Gasteiger partial charge in [0, 0.05) is 16.7 Å². The normalized spacial score (nSPS) is 15.1. The summed E-state index contributed by atoms with van der Waals surface area (Å²) in [4.78, 5) is 12.0. The van der Waals surface area contributed by atoms with Crippen LogP contribution < -0.4 is 0 Å². The van der Waals surface area contributed by atoms with Crippen molar-refractivity contribution in [2.75, 3.05) is 0 Å². The van der Waals surface area contributed by atoms with Crippen LogP contribution in [0.2, 0.25) is 0 Å². The lowest BCUT2D eigenvalue weighted by atomic mass is 9.99. The van der Waals surface area contributed by atoms with Gasteiger partial charge in [-0.2, -0.15) is 10.5 Å². The fourth-order valence-electron chi connectivity index (χ4n) is 2.03. The number of halogens is 2. The zero-order valence-electron chi connectivity index (χ0n) is 9.79. The van der Waals surface area contributed by atoms with E-state index in [1.807, 2.05) is 0 Å². The van der Waals surface area contributed by atoms with Gasteiger partial charge in [-0.3, -0.25) is 4.79 Å². The Morgan fingerprint density at radius 3 is 2.16 bits per heavy atom. The van der Waals surface area contributed by atoms with Crippen LogP contribution in [0.4, 0.5) is 8.78 Å². The van der Waals surface area contributed by atoms with Gasteiger partial charge in [-0.1, -0.05) is 6.08 Å². The summed E-state index contributed by atoms with van der Waals surface area (Å²) in [5, 5.41) is 17.8. The second-order valence-electron chi connectivity index (χ2n) is 3.82. The lowest BCUT2D eigenvalue weighted by Gasteiger charge is -2.01. The maximum atomic E-state index is 13.3. The first-order chi connectivity index (χ1) is 9.04. The molecule has 2 rings (SSSR count). The summed E-state index contributed by atoms with van der Waals surface area (Å²) in [6.07, 6.45) is 1.42. The molecular formula is C14H6F2N2O. The lowest BCUT2D eigenvalue weighted by molar-refractivity contribution is 0.104. The summed E-state index contributed by atoms with van der Waals surface area (Å²) in [5.74, 6) is -2.79. The van der Waals surface area contributed by atoms with Crippen molar-refractivity contribution >= 4 is 11.4 Å². The minimum atomic E-state index is -1.14. The van der Waals surface area contributed by atoms with Crippen LogP contribution in [0.3, 0.4) is 0 Å². The third-order valence-corrected chi connectivity index (χ3v) is 2.85. The molecule has 0 atom stereocenters. The van der Waals surface area contributed by atoms with Gasteiger partial charge in [0.2, 0.25) is 0 Å². The molecule has 0 unspecified atom stereocenters. The first-order valence-electron chi connectivity index (χ1n) is 5.30. The fraction of sp³-hybridized carbons (Fsp3) is 0.0714. The molecule has 0 amide bonds. The second kappa shape index (κ2) is 4.47. The molecule has 1 aromatic rings. The minimum absolute atomic E-state index is 0.0370. The number of carbonyl (C=O) groups excluding carboxylic acids is 1. The fourth-order valence-corrected chi connectivity index (χ4v) is 2.03. The Hall–Kier alpha value is -2.79. The SMILES string of the molecule is C/C=C1/C(=O)c2cc(F)c(F)cc2C1=C(C#N)C#N. The Morgan fingerprint density at radius 1 is 1.16 bits per heavy atom. The lowest BCUT2D eigenvalue weighted by Crippen LogP contribution is -1.96. The molecule has 0 fully saturated rings. The molecule has 0 radical (unpaired) electrons. The van der Waals surface area contributed by atoms with Gasteiger partial charge in [-0.15, -0.1) is 0 Å². The number of hydrogen-bond donors (Lipinski definition) is 0. The van der Waals surface area contributed by atoms with Crippen molar-refractivity contribution in [2.45, 2.75) is 6.92 Å². The maximum absolute atomic E-state index is 13.3. The molecule has 1 aromatic carbocycles. The minimum Gasteiger partial charge on any atom is -0.289 e. The average molecular weight is 256 g/mol. The number of nitrogens with zero attached hydrogens (tertiary/aromatic N) is 2. The summed E-state index contributed by atoms with van der Waals surface area (Å²) in [6, 6.07) is 4.95. The maximum Gasteiger partial charge on any atom is 0.194 e. The number of allylic oxidation sites excluding steroid dienone is 4. The largest absolute Gasteiger partial charge is 0.289 e. The van der Waals surface area contributed by atoms with Crippen molar-refractivity contribution in [3.63, 3.8) is 0 Å². The van der Waals surface area contributed by atoms with E-state index in [-0.39, 0.29) is 27.8 Å². The van der Waals surface area contributed by atoms with E-state index in [9.17, 15) is 13.6 Å². The molecule has 0 saturated heterocycles. The van der Waals surface area contributed by atoms with Crippen molar-refractivity contribution in [3.05, 3.63) is 52.1 Å². The number of fused-ring (bicyclic) bond motifs is 1. The third kappa shape index (κ3) is 1.73. The van der Waals surface area contributed by atoms with Gasteiger partial charge in [-0.25, -0.2) is 8.78 Å². The van der Waals surface area contributed by atoms with Gasteiger partial charge >= 0.3 is 0 Å². The summed E-state index contributed by atoms with van der Waals surface area (Å²) < 4.78 is 26.5. The molecule has 1 aliphatic rings. The van der Waals surface area contributed by atoms with Crippen molar-refractivity contribution in [1.82, 2.24) is 0 Å². The first kappa shape index (κ1) is 12.7. The van der Waals surface area contributed by atoms with E-state index >= 15 is 0 Å². The Labute approximate surface area is 107 Å². The first-order valence-corrected chi connectivity index (χ1v) is 5.30. The summed E-state index contributed by atoms with van der Waals surface area (Å²) in [7, 11) is 0. The molecular weight excluding hydrogens is 250 g/mol. The topological polar surface area (TPSA) is 64.7 Å². The van der Waals surface area contributed by atoms with Gasteiger partial charge in [-0.05, 0) is 24.6 Å². The van der Waals surface area contributed by atoms with Crippen LogP contribution in [0.5, 0.6) is 0 Å². The smallest absolute Gasteiger partial charge is 0.194 e. The van der Waals surface area contributed by atoms with Crippen LogP contribution in [0.15, 0.2) is 29.4 Å². The molecule has 0 heterocycles. The molecule has 19 heavy (non-hydrogen) atoms. The number of nitriles is 2. The number of Topliss-reactive ketones (excluding diaryl/α,β-unsaturated/α-hetero) is 1. The Balaban J connectivity index is 2.91. The predicted octanol–water partition coefficient (Wildman–Crippen LogP) is 2.91. The third-order valence-electron chi connectivity index (χ3n) is 2.85. The van der Waals surface area contributed by atoms with Crippen LogP contribution in [0.25, 0.3) is 5.57 Å². The summed E-state index contributed by atoms with van der Waals surface area (Å²) in [5.41, 5.74) is -0.0872. The monoisotopic (exact) mass is 256 g/mol. The van der Waals surface area contributed by atoms with Gasteiger partial charge < -0.3 is 0 Å². The Bertz CT molecular complexity index is 730. The molecule has 0 bridgehead atoms. The second-order valence-corrected chi connectivity index (χ2v) is 3.82. The number of carbonyl (C=O) groups is 1. The van der Waals surface area contributed by atoms with Gasteiger partial charge in [0.25, 0.3) is 0 Å². The van der Waals surface area contributed by atoms with Gasteiger partial charge in [0.1, 0.15) is 17.7 Å². The number of ketones is 1. The van der Waals surface area contributed by atoms with Crippen LogP contribution in [0, 0.1) is 34.3 Å². The van der Waals surface area contributed by atoms with E-state index in [1.54, 1.807) is 19.1 Å². The van der Waals surface area contributed by atoms with Crippen LogP contribution in [0.1, 0.15) is 22.8 Å². The van der Waals surface area contributed by atoms with E-state index < -0.39 is 17.4 Å². The molecule has 0 aromatic heterocycles. The van der Waals surface area contributed by atoms with Gasteiger partial charge in [0.15, 0.2) is 17.4 Å². The van der Waals surface area contributed by atoms with Crippen molar-refractivity contribution in [2.24, 2.45) is 0 Å². The van der Waals surface area contributed by atoms with Crippen molar-refractivity contribution in [1.29, 1.82) is 10.5 Å². The van der Waals surface area contributed by atoms with Crippen molar-refractivity contribution < 1.29 is 13.6 Å². The summed E-state index contributed by atoms with van der Waals surface area (Å²) >= 11 is 0. The quantitative estimate of drug-likeness (QED) is 0.529. The van der Waals surface area contributed by atoms with E-state index in [4.69, 9.17) is 10.5 Å². The Kier molecular flexibility index (Phi) is 2.98. The highest BCUT2D eigenvalue weighted by molar-refractivity contribution is 6.27. The Morgan fingerprint density at radius 2 is 1.68 bits per heavy atom. The highest BCUT2D eigenvalue weighted by Crippen LogP contribution is 2.39. The molecule has 3 nitrogen and oxygen atoms in total. The van der Waals surface area contributed by atoms with Crippen LogP contribution in [-0.2, 0) is 0 Å². The molecule has 1 aliphatic carbocycles. The van der Waals surface area contributed by atoms with Crippen LogP contribution in [-0.4, -0.2) is 5.78 Å². The molecule has 0 aliphatic heterocycles. The van der Waals surface area contributed by atoms with E-state index in [2.05, 4.69) is 0 Å². The molecule has 0 spiro atoms. The highest BCUT2D eigenvalue weighted by atomic mass is 19.2. The van der Waals surface area contributed by atoms with Crippen molar-refractivity contribution in [3.8, 4) is 12.1 Å². The number of benzene rings is 1. The van der Waals surface area contributed by atoms with E-state index in [0.717, 1.165) is 12.1 Å². The predicted molar refractivity (Wildman–Crippen MR) is 62.6 cm³/mol. The van der Waals surface area contributed by atoms with E-state index in [1.165, 1.54) is 6.08 Å². The number of rotatable bonds is 0. The number of hydrogen-bond acceptors (Lipinski definition) is 3.